The van der Waals surface area contributed by atoms with Crippen LogP contribution >= 0.6 is 0 Å². The normalized spacial score (nSPS) is 13.0. The molecular weight excluding hydrogens is 634 g/mol. The van der Waals surface area contributed by atoms with Crippen LogP contribution in [0.2, 0.25) is 0 Å². The van der Waals surface area contributed by atoms with Gasteiger partial charge in [-0.1, -0.05) is 169 Å². The molecule has 306 valence electrons. The van der Waals surface area contributed by atoms with Gasteiger partial charge in [0.25, 0.3) is 0 Å². The number of hydrogen-bond donors (Lipinski definition) is 2. The summed E-state index contributed by atoms with van der Waals surface area (Å²) in [5.74, 6) is 0.00703. The highest BCUT2D eigenvalue weighted by Crippen LogP contribution is 2.20. The highest BCUT2D eigenvalue weighted by molar-refractivity contribution is 5.72. The average Bonchev–Trinajstić information content (AvgIpc) is 3.12. The van der Waals surface area contributed by atoms with Gasteiger partial charge in [0.1, 0.15) is 6.10 Å². The van der Waals surface area contributed by atoms with Gasteiger partial charge in [0, 0.05) is 13.2 Å². The van der Waals surface area contributed by atoms with Crippen LogP contribution in [-0.2, 0) is 14.3 Å². The highest BCUT2D eigenvalue weighted by Gasteiger charge is 2.19. The smallest absolute Gasteiger partial charge is 0.308 e. The van der Waals surface area contributed by atoms with Gasteiger partial charge in [-0.25, -0.2) is 0 Å². The minimum Gasteiger partial charge on any atom is -0.462 e. The van der Waals surface area contributed by atoms with Crippen molar-refractivity contribution in [3.8, 4) is 0 Å². The number of unbranched alkanes of at least 4 members (excludes halogenated alkanes) is 23. The Labute approximate surface area is 319 Å². The SMILES string of the molecule is CCCCCCCCCOC(O)CCCCCCCN(CCO)CCCCCCC(C)C(=O)OC(CCCCCCCC)CCCCCCCC. The molecule has 0 aromatic carbocycles. The van der Waals surface area contributed by atoms with Crippen molar-refractivity contribution in [2.24, 2.45) is 5.92 Å². The van der Waals surface area contributed by atoms with E-state index in [2.05, 4.69) is 32.6 Å². The first-order chi connectivity index (χ1) is 25.0. The summed E-state index contributed by atoms with van der Waals surface area (Å²) in [5.41, 5.74) is 0. The Morgan fingerprint density at radius 3 is 1.37 bits per heavy atom. The molecule has 0 aliphatic carbocycles. The van der Waals surface area contributed by atoms with Gasteiger partial charge >= 0.3 is 5.97 Å². The number of aliphatic hydroxyl groups excluding tert-OH is 2. The van der Waals surface area contributed by atoms with Crippen LogP contribution in [0.15, 0.2) is 0 Å². The Hall–Kier alpha value is -0.690. The summed E-state index contributed by atoms with van der Waals surface area (Å²) < 4.78 is 11.7. The molecule has 0 aliphatic rings. The third-order valence-corrected chi connectivity index (χ3v) is 10.7. The van der Waals surface area contributed by atoms with Gasteiger partial charge in [0.05, 0.1) is 12.5 Å². The number of carbonyl (C=O) groups excluding carboxylic acids is 1. The van der Waals surface area contributed by atoms with Crippen molar-refractivity contribution in [1.29, 1.82) is 0 Å². The summed E-state index contributed by atoms with van der Waals surface area (Å²) in [6.45, 7) is 12.6. The molecule has 0 aromatic rings. The molecule has 0 fully saturated rings. The van der Waals surface area contributed by atoms with Crippen LogP contribution in [-0.4, -0.2) is 66.3 Å². The number of carbonyl (C=O) groups is 1. The first-order valence-corrected chi connectivity index (χ1v) is 22.8. The zero-order valence-electron chi connectivity index (χ0n) is 35.0. The summed E-state index contributed by atoms with van der Waals surface area (Å²) in [5, 5.41) is 19.7. The fourth-order valence-corrected chi connectivity index (χ4v) is 7.13. The number of esters is 1. The van der Waals surface area contributed by atoms with E-state index in [1.165, 1.54) is 135 Å². The minimum atomic E-state index is -0.603. The molecule has 0 aliphatic heterocycles. The molecule has 6 nitrogen and oxygen atoms in total. The maximum absolute atomic E-state index is 13.0. The van der Waals surface area contributed by atoms with E-state index in [1.54, 1.807) is 0 Å². The van der Waals surface area contributed by atoms with Crippen molar-refractivity contribution < 1.29 is 24.5 Å². The molecular formula is C45H91NO5. The number of nitrogens with zero attached hydrogens (tertiary/aromatic N) is 1. The summed E-state index contributed by atoms with van der Waals surface area (Å²) in [6.07, 6.45) is 37.7. The largest absolute Gasteiger partial charge is 0.462 e. The molecule has 0 rings (SSSR count). The van der Waals surface area contributed by atoms with Gasteiger partial charge in [-0.3, -0.25) is 4.79 Å². The average molecular weight is 726 g/mol. The van der Waals surface area contributed by atoms with Crippen LogP contribution < -0.4 is 0 Å². The standard InChI is InChI=1S/C45H91NO5/c1-5-8-11-14-17-25-32-41-50-44(48)36-29-21-18-23-30-37-46(39-40-47)38-31-24-22-26-33-42(4)45(49)51-43(34-27-19-15-12-9-6-2)35-28-20-16-13-10-7-3/h42-44,47-48H,5-41H2,1-4H3. The van der Waals surface area contributed by atoms with Crippen LogP contribution in [0.1, 0.15) is 233 Å². The molecule has 0 amide bonds. The van der Waals surface area contributed by atoms with Crippen LogP contribution in [0.4, 0.5) is 0 Å². The van der Waals surface area contributed by atoms with Crippen molar-refractivity contribution >= 4 is 5.97 Å². The Kier molecular flexibility index (Phi) is 39.9. The molecule has 0 bridgehead atoms. The molecule has 2 N–H and O–H groups in total. The van der Waals surface area contributed by atoms with Crippen molar-refractivity contribution in [2.45, 2.75) is 246 Å². The summed E-state index contributed by atoms with van der Waals surface area (Å²) in [4.78, 5) is 15.4. The highest BCUT2D eigenvalue weighted by atomic mass is 16.6. The monoisotopic (exact) mass is 726 g/mol. The van der Waals surface area contributed by atoms with E-state index in [9.17, 15) is 15.0 Å². The second kappa shape index (κ2) is 40.5. The van der Waals surface area contributed by atoms with Gasteiger partial charge in [-0.2, -0.15) is 0 Å². The van der Waals surface area contributed by atoms with Gasteiger partial charge in [-0.15, -0.1) is 0 Å². The van der Waals surface area contributed by atoms with Gasteiger partial charge in [-0.05, 0) is 77.3 Å². The first-order valence-electron chi connectivity index (χ1n) is 22.8. The van der Waals surface area contributed by atoms with E-state index in [1.807, 2.05) is 0 Å². The molecule has 0 heterocycles. The third kappa shape index (κ3) is 36.1. The molecule has 51 heavy (non-hydrogen) atoms. The van der Waals surface area contributed by atoms with Gasteiger partial charge in [0.15, 0.2) is 6.29 Å². The Morgan fingerprint density at radius 2 is 0.902 bits per heavy atom. The molecule has 2 unspecified atom stereocenters. The van der Waals surface area contributed by atoms with Crippen molar-refractivity contribution in [1.82, 2.24) is 4.90 Å². The van der Waals surface area contributed by atoms with Gasteiger partial charge in [0.2, 0.25) is 0 Å². The predicted octanol–water partition coefficient (Wildman–Crippen LogP) is 12.7. The lowest BCUT2D eigenvalue weighted by Crippen LogP contribution is -2.29. The second-order valence-electron chi connectivity index (χ2n) is 15.8. The lowest BCUT2D eigenvalue weighted by atomic mass is 10.0. The van der Waals surface area contributed by atoms with Crippen LogP contribution in [0, 0.1) is 5.92 Å². The van der Waals surface area contributed by atoms with E-state index in [4.69, 9.17) is 9.47 Å². The fraction of sp³-hybridized carbons (Fsp3) is 0.978. The zero-order chi connectivity index (χ0) is 37.5. The van der Waals surface area contributed by atoms with E-state index < -0.39 is 6.29 Å². The minimum absolute atomic E-state index is 0.0156. The molecule has 0 saturated carbocycles. The summed E-state index contributed by atoms with van der Waals surface area (Å²) in [7, 11) is 0. The molecule has 0 radical (unpaired) electrons. The topological polar surface area (TPSA) is 79.2 Å². The summed E-state index contributed by atoms with van der Waals surface area (Å²) in [6, 6.07) is 0. The van der Waals surface area contributed by atoms with E-state index in [0.29, 0.717) is 6.61 Å². The maximum Gasteiger partial charge on any atom is 0.308 e. The van der Waals surface area contributed by atoms with Crippen molar-refractivity contribution in [2.75, 3.05) is 32.8 Å². The first kappa shape index (κ1) is 50.3. The van der Waals surface area contributed by atoms with Gasteiger partial charge < -0.3 is 24.6 Å². The number of rotatable bonds is 42. The molecule has 0 aromatic heterocycles. The molecule has 0 spiro atoms. The Balaban J connectivity index is 4.05. The lowest BCUT2D eigenvalue weighted by Gasteiger charge is -2.21. The zero-order valence-corrected chi connectivity index (χ0v) is 35.0. The lowest BCUT2D eigenvalue weighted by molar-refractivity contribution is -0.154. The Morgan fingerprint density at radius 1 is 0.510 bits per heavy atom. The van der Waals surface area contributed by atoms with Crippen molar-refractivity contribution in [3.63, 3.8) is 0 Å². The quantitative estimate of drug-likeness (QED) is 0.0370. The van der Waals surface area contributed by atoms with E-state index >= 15 is 0 Å². The predicted molar refractivity (Wildman–Crippen MR) is 219 cm³/mol. The Bertz CT molecular complexity index is 676. The van der Waals surface area contributed by atoms with E-state index in [-0.39, 0.29) is 24.6 Å². The maximum atomic E-state index is 13.0. The molecule has 6 heteroatoms. The van der Waals surface area contributed by atoms with Crippen LogP contribution in [0.5, 0.6) is 0 Å². The number of hydrogen-bond acceptors (Lipinski definition) is 6. The molecule has 0 saturated heterocycles. The number of aliphatic hydroxyl groups is 2. The van der Waals surface area contributed by atoms with E-state index in [0.717, 1.165) is 90.3 Å². The third-order valence-electron chi connectivity index (χ3n) is 10.7. The summed E-state index contributed by atoms with van der Waals surface area (Å²) >= 11 is 0. The molecule has 2 atom stereocenters. The van der Waals surface area contributed by atoms with Crippen molar-refractivity contribution in [3.05, 3.63) is 0 Å². The van der Waals surface area contributed by atoms with Crippen LogP contribution in [0.3, 0.4) is 0 Å². The van der Waals surface area contributed by atoms with Crippen LogP contribution in [0.25, 0.3) is 0 Å². The second-order valence-corrected chi connectivity index (χ2v) is 15.8. The fourth-order valence-electron chi connectivity index (χ4n) is 7.13. The number of ether oxygens (including phenoxy) is 2.